The molecule has 0 bridgehead atoms. The Kier molecular flexibility index (Phi) is 5.81. The lowest BCUT2D eigenvalue weighted by Gasteiger charge is -2.14. The SMILES string of the molecule is O=C(O)CC[C@H](NS(=O)(=O)c1ccc(Br)c(F)c1)C(=O)O. The van der Waals surface area contributed by atoms with E-state index in [0.29, 0.717) is 0 Å². The summed E-state index contributed by atoms with van der Waals surface area (Å²) in [5, 5.41) is 17.4. The van der Waals surface area contributed by atoms with Crippen molar-refractivity contribution in [1.29, 1.82) is 0 Å². The van der Waals surface area contributed by atoms with Crippen molar-refractivity contribution in [2.24, 2.45) is 0 Å². The van der Waals surface area contributed by atoms with Crippen molar-refractivity contribution in [2.75, 3.05) is 0 Å². The van der Waals surface area contributed by atoms with Crippen molar-refractivity contribution in [3.63, 3.8) is 0 Å². The average molecular weight is 384 g/mol. The predicted molar refractivity (Wildman–Crippen MR) is 72.7 cm³/mol. The number of nitrogens with one attached hydrogen (secondary N) is 1. The van der Waals surface area contributed by atoms with Gasteiger partial charge < -0.3 is 10.2 Å². The van der Waals surface area contributed by atoms with Crippen LogP contribution >= 0.6 is 15.9 Å². The molecule has 0 aliphatic rings. The van der Waals surface area contributed by atoms with Crippen LogP contribution in [0.25, 0.3) is 0 Å². The van der Waals surface area contributed by atoms with Gasteiger partial charge in [-0.1, -0.05) is 0 Å². The van der Waals surface area contributed by atoms with Crippen molar-refractivity contribution < 1.29 is 32.6 Å². The van der Waals surface area contributed by atoms with E-state index in [9.17, 15) is 22.4 Å². The monoisotopic (exact) mass is 383 g/mol. The fraction of sp³-hybridized carbons (Fsp3) is 0.273. The van der Waals surface area contributed by atoms with Crippen molar-refractivity contribution >= 4 is 37.9 Å². The minimum absolute atomic E-state index is 0.0575. The molecule has 7 nitrogen and oxygen atoms in total. The Morgan fingerprint density at radius 2 is 1.95 bits per heavy atom. The molecule has 0 radical (unpaired) electrons. The number of sulfonamides is 1. The van der Waals surface area contributed by atoms with Gasteiger partial charge in [0.2, 0.25) is 10.0 Å². The van der Waals surface area contributed by atoms with Crippen LogP contribution in [0.15, 0.2) is 27.6 Å². The predicted octanol–water partition coefficient (Wildman–Crippen LogP) is 1.18. The van der Waals surface area contributed by atoms with Crippen LogP contribution < -0.4 is 4.72 Å². The Labute approximate surface area is 128 Å². The van der Waals surface area contributed by atoms with Gasteiger partial charge >= 0.3 is 11.9 Å². The highest BCUT2D eigenvalue weighted by Gasteiger charge is 2.26. The number of carboxylic acids is 2. The van der Waals surface area contributed by atoms with Gasteiger partial charge in [-0.15, -0.1) is 0 Å². The van der Waals surface area contributed by atoms with E-state index in [2.05, 4.69) is 15.9 Å². The van der Waals surface area contributed by atoms with Crippen LogP contribution in [0.5, 0.6) is 0 Å². The van der Waals surface area contributed by atoms with Gasteiger partial charge in [0, 0.05) is 6.42 Å². The molecule has 21 heavy (non-hydrogen) atoms. The first-order valence-corrected chi connectivity index (χ1v) is 7.83. The molecular weight excluding hydrogens is 373 g/mol. The van der Waals surface area contributed by atoms with E-state index >= 15 is 0 Å². The molecule has 1 aromatic rings. The third kappa shape index (κ3) is 5.06. The summed E-state index contributed by atoms with van der Waals surface area (Å²) >= 11 is 2.86. The first-order chi connectivity index (χ1) is 9.63. The Hall–Kier alpha value is -1.52. The van der Waals surface area contributed by atoms with Gasteiger partial charge in [-0.2, -0.15) is 4.72 Å². The minimum Gasteiger partial charge on any atom is -0.481 e. The van der Waals surface area contributed by atoms with E-state index in [1.165, 1.54) is 0 Å². The second-order valence-corrected chi connectivity index (χ2v) is 6.59. The molecule has 1 rings (SSSR count). The summed E-state index contributed by atoms with van der Waals surface area (Å²) < 4.78 is 39.1. The van der Waals surface area contributed by atoms with E-state index in [1.807, 2.05) is 4.72 Å². The normalized spacial score (nSPS) is 12.9. The lowest BCUT2D eigenvalue weighted by molar-refractivity contribution is -0.140. The zero-order valence-corrected chi connectivity index (χ0v) is 12.8. The summed E-state index contributed by atoms with van der Waals surface area (Å²) in [5.41, 5.74) is 0. The molecule has 116 valence electrons. The van der Waals surface area contributed by atoms with Crippen molar-refractivity contribution in [1.82, 2.24) is 4.72 Å². The van der Waals surface area contributed by atoms with Crippen LogP contribution in [0.3, 0.4) is 0 Å². The molecule has 0 spiro atoms. The van der Waals surface area contributed by atoms with Crippen molar-refractivity contribution in [2.45, 2.75) is 23.8 Å². The molecule has 0 aliphatic heterocycles. The molecule has 1 aromatic carbocycles. The van der Waals surface area contributed by atoms with Crippen molar-refractivity contribution in [3.8, 4) is 0 Å². The Balaban J connectivity index is 2.97. The highest BCUT2D eigenvalue weighted by Crippen LogP contribution is 2.19. The second kappa shape index (κ2) is 6.96. The minimum atomic E-state index is -4.28. The lowest BCUT2D eigenvalue weighted by atomic mass is 10.2. The highest BCUT2D eigenvalue weighted by molar-refractivity contribution is 9.10. The Bertz CT molecular complexity index is 663. The molecule has 0 amide bonds. The van der Waals surface area contributed by atoms with E-state index in [-0.39, 0.29) is 4.47 Å². The maximum absolute atomic E-state index is 13.3. The standard InChI is InChI=1S/C11H11BrFNO6S/c12-7-2-1-6(5-8(7)13)21(19,20)14-9(11(17)18)3-4-10(15)16/h1-2,5,9,14H,3-4H2,(H,15,16)(H,17,18)/t9-/m0/s1. The number of carbonyl (C=O) groups is 2. The number of aliphatic carboxylic acids is 2. The summed E-state index contributed by atoms with van der Waals surface area (Å²) in [6.07, 6.45) is -0.947. The molecule has 0 fully saturated rings. The van der Waals surface area contributed by atoms with Crippen LogP contribution in [0.4, 0.5) is 4.39 Å². The van der Waals surface area contributed by atoms with E-state index in [1.54, 1.807) is 0 Å². The van der Waals surface area contributed by atoms with Gasteiger partial charge in [-0.05, 0) is 40.5 Å². The fourth-order valence-corrected chi connectivity index (χ4v) is 2.88. The molecular formula is C11H11BrFNO6S. The maximum Gasteiger partial charge on any atom is 0.321 e. The van der Waals surface area contributed by atoms with Gasteiger partial charge in [0.15, 0.2) is 0 Å². The number of hydrogen-bond acceptors (Lipinski definition) is 4. The number of halogens is 2. The molecule has 0 aliphatic carbocycles. The largest absolute Gasteiger partial charge is 0.481 e. The number of hydrogen-bond donors (Lipinski definition) is 3. The fourth-order valence-electron chi connectivity index (χ4n) is 1.40. The van der Waals surface area contributed by atoms with Crippen LogP contribution in [0, 0.1) is 5.82 Å². The summed E-state index contributed by atoms with van der Waals surface area (Å²) in [6.45, 7) is 0. The van der Waals surface area contributed by atoms with Gasteiger partial charge in [-0.25, -0.2) is 12.8 Å². The maximum atomic E-state index is 13.3. The average Bonchev–Trinajstić information content (AvgIpc) is 2.37. The third-order valence-electron chi connectivity index (χ3n) is 2.44. The van der Waals surface area contributed by atoms with Gasteiger partial charge in [0.1, 0.15) is 11.9 Å². The first-order valence-electron chi connectivity index (χ1n) is 5.55. The number of rotatable bonds is 7. The smallest absolute Gasteiger partial charge is 0.321 e. The Morgan fingerprint density at radius 3 is 2.43 bits per heavy atom. The van der Waals surface area contributed by atoms with Gasteiger partial charge in [0.05, 0.1) is 9.37 Å². The third-order valence-corrected chi connectivity index (χ3v) is 4.56. The molecule has 1 atom stereocenters. The summed E-state index contributed by atoms with van der Waals surface area (Å²) in [4.78, 5) is 20.9. The van der Waals surface area contributed by atoms with Gasteiger partial charge in [-0.3, -0.25) is 9.59 Å². The highest BCUT2D eigenvalue weighted by atomic mass is 79.9. The molecule has 10 heteroatoms. The lowest BCUT2D eigenvalue weighted by Crippen LogP contribution is -2.41. The molecule has 3 N–H and O–H groups in total. The number of carboxylic acid groups (broad SMARTS) is 2. The molecule has 0 saturated heterocycles. The van der Waals surface area contributed by atoms with Crippen LogP contribution in [-0.2, 0) is 19.6 Å². The zero-order valence-electron chi connectivity index (χ0n) is 10.4. The number of benzene rings is 1. The molecule has 0 unspecified atom stereocenters. The van der Waals surface area contributed by atoms with E-state index in [0.717, 1.165) is 18.2 Å². The Morgan fingerprint density at radius 1 is 1.33 bits per heavy atom. The zero-order chi connectivity index (χ0) is 16.2. The first kappa shape index (κ1) is 17.5. The topological polar surface area (TPSA) is 121 Å². The van der Waals surface area contributed by atoms with E-state index < -0.39 is 51.6 Å². The summed E-state index contributed by atoms with van der Waals surface area (Å²) in [5.74, 6) is -3.59. The molecule has 0 heterocycles. The quantitative estimate of drug-likeness (QED) is 0.649. The second-order valence-electron chi connectivity index (χ2n) is 4.02. The van der Waals surface area contributed by atoms with Gasteiger partial charge in [0.25, 0.3) is 0 Å². The van der Waals surface area contributed by atoms with Crippen LogP contribution in [0.2, 0.25) is 0 Å². The molecule has 0 aromatic heterocycles. The van der Waals surface area contributed by atoms with Crippen molar-refractivity contribution in [3.05, 3.63) is 28.5 Å². The van der Waals surface area contributed by atoms with E-state index in [4.69, 9.17) is 10.2 Å². The van der Waals surface area contributed by atoms with Crippen LogP contribution in [0.1, 0.15) is 12.8 Å². The summed E-state index contributed by atoms with van der Waals surface area (Å²) in [7, 11) is -4.28. The summed E-state index contributed by atoms with van der Waals surface area (Å²) in [6, 6.07) is 1.36. The van der Waals surface area contributed by atoms with Crippen LogP contribution in [-0.4, -0.2) is 36.6 Å². The molecule has 0 saturated carbocycles.